The maximum atomic E-state index is 11.7. The number of carbonyl (C=O) groups is 1. The third kappa shape index (κ3) is 5.50. The van der Waals surface area contributed by atoms with Gasteiger partial charge in [-0.3, -0.25) is 9.69 Å². The van der Waals surface area contributed by atoms with Crippen LogP contribution >= 0.6 is 0 Å². The Morgan fingerprint density at radius 1 is 1.47 bits per heavy atom. The Bertz CT molecular complexity index is 240. The predicted octanol–water partition coefficient (Wildman–Crippen LogP) is 0.994. The van der Waals surface area contributed by atoms with Gasteiger partial charge < -0.3 is 10.4 Å². The number of hydrogen-bond acceptors (Lipinski definition) is 3. The summed E-state index contributed by atoms with van der Waals surface area (Å²) in [6, 6.07) is 0.631. The van der Waals surface area contributed by atoms with E-state index in [4.69, 9.17) is 0 Å². The fourth-order valence-electron chi connectivity index (χ4n) is 1.87. The summed E-state index contributed by atoms with van der Waals surface area (Å²) < 4.78 is 0. The van der Waals surface area contributed by atoms with Crippen LogP contribution in [0, 0.1) is 5.92 Å². The maximum absolute atomic E-state index is 11.7. The van der Waals surface area contributed by atoms with Crippen LogP contribution in [0.1, 0.15) is 40.0 Å². The summed E-state index contributed by atoms with van der Waals surface area (Å²) >= 11 is 0. The Balaban J connectivity index is 2.12. The third-order valence-electron chi connectivity index (χ3n) is 3.35. The third-order valence-corrected chi connectivity index (χ3v) is 3.35. The number of aliphatic hydroxyl groups excluding tert-OH is 1. The van der Waals surface area contributed by atoms with Gasteiger partial charge >= 0.3 is 0 Å². The van der Waals surface area contributed by atoms with Gasteiger partial charge in [-0.1, -0.05) is 20.8 Å². The molecule has 0 aromatic heterocycles. The van der Waals surface area contributed by atoms with E-state index in [1.807, 2.05) is 13.8 Å². The molecular formula is C13H26N2O2. The minimum atomic E-state index is -0.319. The standard InChI is InChI=1S/C13H26N2O2/c1-4-15(11-5-6-11)9-13(17)14-8-7-12(16)10(2)3/h10-12,16H,4-9H2,1-3H3,(H,14,17). The first kappa shape index (κ1) is 14.5. The highest BCUT2D eigenvalue weighted by Gasteiger charge is 2.28. The molecule has 0 saturated heterocycles. The van der Waals surface area contributed by atoms with Gasteiger partial charge in [0.05, 0.1) is 12.6 Å². The molecule has 0 heterocycles. The number of likely N-dealkylation sites (N-methyl/N-ethyl adjacent to an activating group) is 1. The molecule has 1 rings (SSSR count). The normalized spacial score (nSPS) is 17.5. The lowest BCUT2D eigenvalue weighted by Gasteiger charge is -2.19. The summed E-state index contributed by atoms with van der Waals surface area (Å²) in [6.45, 7) is 8.07. The van der Waals surface area contributed by atoms with Gasteiger partial charge in [0.25, 0.3) is 0 Å². The SMILES string of the molecule is CCN(CC(=O)NCCC(O)C(C)C)C1CC1. The van der Waals surface area contributed by atoms with E-state index in [2.05, 4.69) is 17.1 Å². The molecule has 2 N–H and O–H groups in total. The molecule has 17 heavy (non-hydrogen) atoms. The van der Waals surface area contributed by atoms with Gasteiger partial charge in [0, 0.05) is 12.6 Å². The molecular weight excluding hydrogens is 216 g/mol. The molecule has 1 unspecified atom stereocenters. The van der Waals surface area contributed by atoms with Crippen LogP contribution in [0.3, 0.4) is 0 Å². The van der Waals surface area contributed by atoms with Crippen molar-refractivity contribution in [3.63, 3.8) is 0 Å². The van der Waals surface area contributed by atoms with Crippen LogP contribution in [0.15, 0.2) is 0 Å². The molecule has 1 amide bonds. The summed E-state index contributed by atoms with van der Waals surface area (Å²) in [5, 5.41) is 12.5. The number of aliphatic hydroxyl groups is 1. The minimum Gasteiger partial charge on any atom is -0.393 e. The molecule has 0 aromatic rings. The second-order valence-corrected chi connectivity index (χ2v) is 5.24. The Hall–Kier alpha value is -0.610. The first-order valence-electron chi connectivity index (χ1n) is 6.73. The van der Waals surface area contributed by atoms with Gasteiger partial charge in [-0.2, -0.15) is 0 Å². The van der Waals surface area contributed by atoms with Crippen molar-refractivity contribution >= 4 is 5.91 Å². The fourth-order valence-corrected chi connectivity index (χ4v) is 1.87. The summed E-state index contributed by atoms with van der Waals surface area (Å²) in [7, 11) is 0. The first-order chi connectivity index (χ1) is 8.04. The van der Waals surface area contributed by atoms with Crippen molar-refractivity contribution in [1.29, 1.82) is 0 Å². The van der Waals surface area contributed by atoms with Crippen molar-refractivity contribution < 1.29 is 9.90 Å². The summed E-state index contributed by atoms with van der Waals surface area (Å²) in [4.78, 5) is 13.9. The zero-order valence-electron chi connectivity index (χ0n) is 11.3. The topological polar surface area (TPSA) is 52.6 Å². The number of carbonyl (C=O) groups excluding carboxylic acids is 1. The largest absolute Gasteiger partial charge is 0.393 e. The van der Waals surface area contributed by atoms with Crippen LogP contribution in [-0.4, -0.2) is 47.7 Å². The fraction of sp³-hybridized carbons (Fsp3) is 0.923. The number of nitrogens with one attached hydrogen (secondary N) is 1. The molecule has 0 radical (unpaired) electrons. The maximum Gasteiger partial charge on any atom is 0.234 e. The number of rotatable bonds is 8. The number of hydrogen-bond donors (Lipinski definition) is 2. The molecule has 0 aromatic carbocycles. The van der Waals surface area contributed by atoms with Crippen LogP contribution < -0.4 is 5.32 Å². The lowest BCUT2D eigenvalue weighted by Crippen LogP contribution is -2.39. The molecule has 1 saturated carbocycles. The van der Waals surface area contributed by atoms with E-state index >= 15 is 0 Å². The molecule has 0 aliphatic heterocycles. The number of nitrogens with zero attached hydrogens (tertiary/aromatic N) is 1. The minimum absolute atomic E-state index is 0.0784. The van der Waals surface area contributed by atoms with Crippen molar-refractivity contribution in [3.05, 3.63) is 0 Å². The monoisotopic (exact) mass is 242 g/mol. The van der Waals surface area contributed by atoms with E-state index < -0.39 is 0 Å². The zero-order chi connectivity index (χ0) is 12.8. The van der Waals surface area contributed by atoms with Crippen molar-refractivity contribution in [2.75, 3.05) is 19.6 Å². The van der Waals surface area contributed by atoms with E-state index in [1.165, 1.54) is 12.8 Å². The molecule has 1 aliphatic rings. The summed E-state index contributed by atoms with van der Waals surface area (Å²) in [6.07, 6.45) is 2.78. The second kappa shape index (κ2) is 6.97. The van der Waals surface area contributed by atoms with Crippen LogP contribution in [0.25, 0.3) is 0 Å². The van der Waals surface area contributed by atoms with Gasteiger partial charge in [0.15, 0.2) is 0 Å². The molecule has 1 atom stereocenters. The van der Waals surface area contributed by atoms with Crippen LogP contribution in [0.5, 0.6) is 0 Å². The van der Waals surface area contributed by atoms with E-state index in [0.29, 0.717) is 25.6 Å². The molecule has 4 heteroatoms. The highest BCUT2D eigenvalue weighted by Crippen LogP contribution is 2.25. The average molecular weight is 242 g/mol. The highest BCUT2D eigenvalue weighted by atomic mass is 16.3. The second-order valence-electron chi connectivity index (χ2n) is 5.24. The average Bonchev–Trinajstić information content (AvgIpc) is 3.09. The van der Waals surface area contributed by atoms with Crippen molar-refractivity contribution in [1.82, 2.24) is 10.2 Å². The van der Waals surface area contributed by atoms with Gasteiger partial charge in [0.2, 0.25) is 5.91 Å². The smallest absolute Gasteiger partial charge is 0.234 e. The zero-order valence-corrected chi connectivity index (χ0v) is 11.3. The molecule has 0 spiro atoms. The Morgan fingerprint density at radius 2 is 2.12 bits per heavy atom. The Kier molecular flexibility index (Phi) is 5.92. The molecule has 100 valence electrons. The van der Waals surface area contributed by atoms with Crippen LogP contribution in [-0.2, 0) is 4.79 Å². The van der Waals surface area contributed by atoms with Gasteiger partial charge in [-0.25, -0.2) is 0 Å². The van der Waals surface area contributed by atoms with Crippen LogP contribution in [0.4, 0.5) is 0 Å². The van der Waals surface area contributed by atoms with E-state index in [9.17, 15) is 9.90 Å². The first-order valence-corrected chi connectivity index (χ1v) is 6.73. The summed E-state index contributed by atoms with van der Waals surface area (Å²) in [5.41, 5.74) is 0. The highest BCUT2D eigenvalue weighted by molar-refractivity contribution is 5.78. The number of amides is 1. The lowest BCUT2D eigenvalue weighted by atomic mass is 10.0. The molecule has 1 fully saturated rings. The molecule has 4 nitrogen and oxygen atoms in total. The van der Waals surface area contributed by atoms with Gasteiger partial charge in [0.1, 0.15) is 0 Å². The van der Waals surface area contributed by atoms with Gasteiger partial charge in [-0.15, -0.1) is 0 Å². The summed E-state index contributed by atoms with van der Waals surface area (Å²) in [5.74, 6) is 0.334. The Labute approximate surface area is 104 Å². The van der Waals surface area contributed by atoms with E-state index in [1.54, 1.807) is 0 Å². The quantitative estimate of drug-likeness (QED) is 0.667. The van der Waals surface area contributed by atoms with Crippen LogP contribution in [0.2, 0.25) is 0 Å². The Morgan fingerprint density at radius 3 is 2.59 bits per heavy atom. The van der Waals surface area contributed by atoms with Gasteiger partial charge in [-0.05, 0) is 31.7 Å². The van der Waals surface area contributed by atoms with Crippen molar-refractivity contribution in [3.8, 4) is 0 Å². The molecule has 1 aliphatic carbocycles. The predicted molar refractivity (Wildman–Crippen MR) is 68.7 cm³/mol. The van der Waals surface area contributed by atoms with Crippen molar-refractivity contribution in [2.45, 2.75) is 52.2 Å². The van der Waals surface area contributed by atoms with E-state index in [0.717, 1.165) is 6.54 Å². The molecule has 0 bridgehead atoms. The van der Waals surface area contributed by atoms with E-state index in [-0.39, 0.29) is 17.9 Å². The lowest BCUT2D eigenvalue weighted by molar-refractivity contribution is -0.122. The van der Waals surface area contributed by atoms with Crippen molar-refractivity contribution in [2.24, 2.45) is 5.92 Å².